The quantitative estimate of drug-likeness (QED) is 0.704. The van der Waals surface area contributed by atoms with Crippen molar-refractivity contribution in [3.05, 3.63) is 11.9 Å². The second kappa shape index (κ2) is 4.44. The lowest BCUT2D eigenvalue weighted by Crippen LogP contribution is -2.22. The minimum absolute atomic E-state index is 0.122. The van der Waals surface area contributed by atoms with Crippen molar-refractivity contribution in [2.45, 2.75) is 45.9 Å². The Morgan fingerprint density at radius 2 is 1.71 bits per heavy atom. The lowest BCUT2D eigenvalue weighted by Gasteiger charge is -2.24. The first-order valence-corrected chi connectivity index (χ1v) is 6.69. The summed E-state index contributed by atoms with van der Waals surface area (Å²) in [6.07, 6.45) is 2.12. The molecule has 2 nitrogen and oxygen atoms in total. The maximum Gasteiger partial charge on any atom is 0.131 e. The number of nitrogens with zero attached hydrogens (tertiary/aromatic N) is 2. The van der Waals surface area contributed by atoms with Crippen molar-refractivity contribution in [1.29, 1.82) is 0 Å². The van der Waals surface area contributed by atoms with Gasteiger partial charge in [-0.2, -0.15) is 0 Å². The first kappa shape index (κ1) is 11.7. The SMILES string of the molecule is Cc1cn(C)c(P(C(C)C)C(C)C)n1. The Morgan fingerprint density at radius 1 is 1.21 bits per heavy atom. The molecule has 0 fully saturated rings. The van der Waals surface area contributed by atoms with Crippen LogP contribution in [0.1, 0.15) is 33.4 Å². The molecule has 1 aromatic rings. The fourth-order valence-corrected chi connectivity index (χ4v) is 4.71. The van der Waals surface area contributed by atoms with Gasteiger partial charge in [-0.3, -0.25) is 0 Å². The highest BCUT2D eigenvalue weighted by atomic mass is 31.1. The van der Waals surface area contributed by atoms with E-state index in [1.165, 1.54) is 5.57 Å². The van der Waals surface area contributed by atoms with Gasteiger partial charge in [0.05, 0.1) is 5.69 Å². The molecule has 0 aromatic carbocycles. The summed E-state index contributed by atoms with van der Waals surface area (Å²) in [6.45, 7) is 11.3. The van der Waals surface area contributed by atoms with Crippen LogP contribution in [0.15, 0.2) is 6.20 Å². The molecule has 0 amide bonds. The van der Waals surface area contributed by atoms with Crippen LogP contribution in [0.3, 0.4) is 0 Å². The van der Waals surface area contributed by atoms with Crippen molar-refractivity contribution in [2.75, 3.05) is 0 Å². The van der Waals surface area contributed by atoms with Gasteiger partial charge in [0, 0.05) is 13.2 Å². The molecule has 1 aromatic heterocycles. The highest BCUT2D eigenvalue weighted by Crippen LogP contribution is 2.44. The van der Waals surface area contributed by atoms with E-state index in [0.717, 1.165) is 5.69 Å². The van der Waals surface area contributed by atoms with Crippen molar-refractivity contribution in [3.8, 4) is 0 Å². The molecule has 0 spiro atoms. The zero-order chi connectivity index (χ0) is 10.9. The molecule has 0 saturated heterocycles. The smallest absolute Gasteiger partial charge is 0.131 e. The third-order valence-electron chi connectivity index (χ3n) is 2.32. The van der Waals surface area contributed by atoms with Crippen molar-refractivity contribution in [1.82, 2.24) is 9.55 Å². The van der Waals surface area contributed by atoms with Gasteiger partial charge in [-0.1, -0.05) is 27.7 Å². The molecule has 0 aliphatic rings. The maximum absolute atomic E-state index is 4.64. The Morgan fingerprint density at radius 3 is 2.00 bits per heavy atom. The molecule has 0 atom stereocenters. The second-order valence-corrected chi connectivity index (χ2v) is 7.67. The van der Waals surface area contributed by atoms with E-state index in [0.29, 0.717) is 11.3 Å². The zero-order valence-electron chi connectivity index (χ0n) is 10.1. The van der Waals surface area contributed by atoms with Gasteiger partial charge in [0.2, 0.25) is 0 Å². The first-order chi connectivity index (χ1) is 6.43. The fourth-order valence-electron chi connectivity index (χ4n) is 1.90. The predicted octanol–water partition coefficient (Wildman–Crippen LogP) is 2.65. The highest BCUT2D eigenvalue weighted by Gasteiger charge is 2.23. The monoisotopic (exact) mass is 212 g/mol. The summed E-state index contributed by atoms with van der Waals surface area (Å²) in [5.74, 6) is 0. The molecular formula is C11H21N2P. The summed E-state index contributed by atoms with van der Waals surface area (Å²) in [4.78, 5) is 4.64. The van der Waals surface area contributed by atoms with Crippen LogP contribution in [0.2, 0.25) is 0 Å². The second-order valence-electron chi connectivity index (χ2n) is 4.39. The van der Waals surface area contributed by atoms with Crippen LogP contribution >= 0.6 is 7.92 Å². The molecule has 1 rings (SSSR count). The van der Waals surface area contributed by atoms with Gasteiger partial charge >= 0.3 is 0 Å². The summed E-state index contributed by atoms with van der Waals surface area (Å²) in [5, 5.41) is 0. The Kier molecular flexibility index (Phi) is 3.71. The van der Waals surface area contributed by atoms with Crippen LogP contribution in [0.25, 0.3) is 0 Å². The van der Waals surface area contributed by atoms with Crippen LogP contribution in [-0.2, 0) is 7.05 Å². The molecule has 0 radical (unpaired) electrons. The average molecular weight is 212 g/mol. The molecule has 0 saturated carbocycles. The minimum atomic E-state index is -0.122. The van der Waals surface area contributed by atoms with Gasteiger partial charge in [-0.05, 0) is 26.2 Å². The molecule has 0 N–H and O–H groups in total. The van der Waals surface area contributed by atoms with E-state index in [9.17, 15) is 0 Å². The standard InChI is InChI=1S/C11H21N2P/c1-8(2)14(9(3)4)11-12-10(5)7-13(11)6/h7-9H,1-6H3. The first-order valence-electron chi connectivity index (χ1n) is 5.21. The number of hydrogen-bond acceptors (Lipinski definition) is 1. The third-order valence-corrected chi connectivity index (χ3v) is 5.42. The van der Waals surface area contributed by atoms with Crippen LogP contribution in [-0.4, -0.2) is 20.9 Å². The molecule has 0 unspecified atom stereocenters. The number of aromatic nitrogens is 2. The van der Waals surface area contributed by atoms with E-state index in [-0.39, 0.29) is 7.92 Å². The average Bonchev–Trinajstić information content (AvgIpc) is 2.29. The van der Waals surface area contributed by atoms with E-state index < -0.39 is 0 Å². The minimum Gasteiger partial charge on any atom is -0.334 e. The van der Waals surface area contributed by atoms with Gasteiger partial charge in [0.1, 0.15) is 5.57 Å². The molecule has 3 heteroatoms. The molecular weight excluding hydrogens is 191 g/mol. The topological polar surface area (TPSA) is 17.8 Å². The Labute approximate surface area is 88.5 Å². The predicted molar refractivity (Wildman–Crippen MR) is 64.8 cm³/mol. The molecule has 14 heavy (non-hydrogen) atoms. The Balaban J connectivity index is 3.05. The van der Waals surface area contributed by atoms with E-state index in [2.05, 4.69) is 57.4 Å². The van der Waals surface area contributed by atoms with E-state index in [4.69, 9.17) is 0 Å². The summed E-state index contributed by atoms with van der Waals surface area (Å²) in [5.41, 5.74) is 3.86. The summed E-state index contributed by atoms with van der Waals surface area (Å²) >= 11 is 0. The Bertz CT molecular complexity index is 294. The van der Waals surface area contributed by atoms with Crippen LogP contribution in [0, 0.1) is 6.92 Å². The zero-order valence-corrected chi connectivity index (χ0v) is 11.0. The lowest BCUT2D eigenvalue weighted by molar-refractivity contribution is 0.933. The number of aryl methyl sites for hydroxylation is 2. The summed E-state index contributed by atoms with van der Waals surface area (Å²) < 4.78 is 2.20. The number of rotatable bonds is 3. The third kappa shape index (κ3) is 2.36. The normalized spacial score (nSPS) is 12.1. The summed E-state index contributed by atoms with van der Waals surface area (Å²) in [7, 11) is 1.98. The van der Waals surface area contributed by atoms with E-state index >= 15 is 0 Å². The van der Waals surface area contributed by atoms with E-state index in [1.807, 2.05) is 0 Å². The van der Waals surface area contributed by atoms with Crippen LogP contribution < -0.4 is 5.57 Å². The summed E-state index contributed by atoms with van der Waals surface area (Å²) in [6, 6.07) is 0. The van der Waals surface area contributed by atoms with Crippen molar-refractivity contribution >= 4 is 13.5 Å². The van der Waals surface area contributed by atoms with Gasteiger partial charge in [-0.25, -0.2) is 4.98 Å². The molecule has 80 valence electrons. The molecule has 0 aliphatic carbocycles. The van der Waals surface area contributed by atoms with Gasteiger partial charge in [0.15, 0.2) is 0 Å². The lowest BCUT2D eigenvalue weighted by atomic mass is 10.5. The number of imidazole rings is 1. The van der Waals surface area contributed by atoms with Crippen LogP contribution in [0.5, 0.6) is 0 Å². The van der Waals surface area contributed by atoms with Gasteiger partial charge < -0.3 is 4.57 Å². The highest BCUT2D eigenvalue weighted by molar-refractivity contribution is 7.66. The van der Waals surface area contributed by atoms with Crippen molar-refractivity contribution in [3.63, 3.8) is 0 Å². The fraction of sp³-hybridized carbons (Fsp3) is 0.727. The van der Waals surface area contributed by atoms with Crippen LogP contribution in [0.4, 0.5) is 0 Å². The molecule has 1 heterocycles. The van der Waals surface area contributed by atoms with Gasteiger partial charge in [-0.15, -0.1) is 0 Å². The number of hydrogen-bond donors (Lipinski definition) is 0. The van der Waals surface area contributed by atoms with Crippen molar-refractivity contribution in [2.24, 2.45) is 7.05 Å². The molecule has 0 bridgehead atoms. The van der Waals surface area contributed by atoms with Crippen molar-refractivity contribution < 1.29 is 0 Å². The van der Waals surface area contributed by atoms with E-state index in [1.54, 1.807) is 0 Å². The Hall–Kier alpha value is -0.360. The van der Waals surface area contributed by atoms with Gasteiger partial charge in [0.25, 0.3) is 0 Å². The molecule has 0 aliphatic heterocycles. The maximum atomic E-state index is 4.64. The largest absolute Gasteiger partial charge is 0.334 e.